The summed E-state index contributed by atoms with van der Waals surface area (Å²) in [6, 6.07) is 5.82. The molecule has 0 heterocycles. The second kappa shape index (κ2) is 12.7. The van der Waals surface area contributed by atoms with Gasteiger partial charge < -0.3 is 16.0 Å². The summed E-state index contributed by atoms with van der Waals surface area (Å²) >= 11 is 0. The molecule has 0 bridgehead atoms. The molecule has 1 aromatic rings. The number of rotatable bonds is 11. The molecule has 0 fully saturated rings. The first kappa shape index (κ1) is 25.3. The number of halogens is 1. The van der Waals surface area contributed by atoms with Crippen molar-refractivity contribution >= 4 is 34.2 Å². The van der Waals surface area contributed by atoms with Gasteiger partial charge in [-0.2, -0.15) is 4.31 Å². The van der Waals surface area contributed by atoms with E-state index in [9.17, 15) is 18.0 Å². The van der Waals surface area contributed by atoms with Crippen molar-refractivity contribution in [2.45, 2.75) is 25.2 Å². The van der Waals surface area contributed by atoms with Crippen LogP contribution in [0, 0.1) is 0 Å². The monoisotopic (exact) mass is 420 g/mol. The van der Waals surface area contributed by atoms with Gasteiger partial charge in [0.05, 0.1) is 11.4 Å². The third-order valence-electron chi connectivity index (χ3n) is 3.77. The number of nitrogens with zero attached hydrogens (tertiary/aromatic N) is 1. The Morgan fingerprint density at radius 1 is 1.07 bits per heavy atom. The number of hydrogen-bond donors (Lipinski definition) is 3. The summed E-state index contributed by atoms with van der Waals surface area (Å²) in [7, 11) is -1.81. The molecule has 3 N–H and O–H groups in total. The van der Waals surface area contributed by atoms with Crippen LogP contribution in [0.5, 0.6) is 0 Å². The number of amides is 2. The highest BCUT2D eigenvalue weighted by atomic mass is 35.5. The summed E-state index contributed by atoms with van der Waals surface area (Å²) in [4.78, 5) is 24.0. The number of carbonyl (C=O) groups excluding carboxylic acids is 2. The third kappa shape index (κ3) is 7.84. The van der Waals surface area contributed by atoms with E-state index in [-0.39, 0.29) is 35.3 Å². The summed E-state index contributed by atoms with van der Waals surface area (Å²) in [6.45, 7) is 5.37. The van der Waals surface area contributed by atoms with Crippen LogP contribution in [0.25, 0.3) is 0 Å². The van der Waals surface area contributed by atoms with E-state index in [4.69, 9.17) is 0 Å². The first-order valence-electron chi connectivity index (χ1n) is 8.66. The lowest BCUT2D eigenvalue weighted by atomic mass is 10.2. The van der Waals surface area contributed by atoms with Crippen LogP contribution in [-0.4, -0.2) is 64.3 Å². The molecule has 154 valence electrons. The predicted octanol–water partition coefficient (Wildman–Crippen LogP) is 0.594. The van der Waals surface area contributed by atoms with Gasteiger partial charge in [0.25, 0.3) is 5.91 Å². The Labute approximate surface area is 167 Å². The number of benzene rings is 1. The van der Waals surface area contributed by atoms with Gasteiger partial charge in [0, 0.05) is 25.2 Å². The van der Waals surface area contributed by atoms with Crippen LogP contribution in [0.1, 0.15) is 30.6 Å². The normalized spacial score (nSPS) is 11.0. The molecular formula is C17H29ClN4O4S. The fourth-order valence-corrected chi connectivity index (χ4v) is 3.83. The molecular weight excluding hydrogens is 392 g/mol. The van der Waals surface area contributed by atoms with Gasteiger partial charge in [0.15, 0.2) is 0 Å². The standard InChI is InChI=1S/C17H28N4O4S.ClH/c1-4-21(5-2)26(24,25)15-9-6-8-14(12-15)17(23)20-13-16(22)19-11-7-10-18-3;/h6,8-9,12,18H,4-5,7,10-11,13H2,1-3H3,(H,19,22)(H,20,23);1H. The van der Waals surface area contributed by atoms with Gasteiger partial charge in [-0.15, -0.1) is 12.4 Å². The van der Waals surface area contributed by atoms with E-state index < -0.39 is 15.9 Å². The van der Waals surface area contributed by atoms with E-state index in [0.717, 1.165) is 13.0 Å². The molecule has 27 heavy (non-hydrogen) atoms. The van der Waals surface area contributed by atoms with E-state index in [1.807, 2.05) is 7.05 Å². The lowest BCUT2D eigenvalue weighted by molar-refractivity contribution is -0.120. The summed E-state index contributed by atoms with van der Waals surface area (Å²) in [5.41, 5.74) is 0.196. The molecule has 10 heteroatoms. The lowest BCUT2D eigenvalue weighted by Crippen LogP contribution is -2.37. The molecule has 0 aromatic heterocycles. The maximum atomic E-state index is 12.5. The van der Waals surface area contributed by atoms with Crippen molar-refractivity contribution in [2.75, 3.05) is 39.8 Å². The van der Waals surface area contributed by atoms with Crippen molar-refractivity contribution in [3.05, 3.63) is 29.8 Å². The largest absolute Gasteiger partial charge is 0.355 e. The van der Waals surface area contributed by atoms with Crippen LogP contribution in [0.2, 0.25) is 0 Å². The molecule has 0 atom stereocenters. The molecule has 8 nitrogen and oxygen atoms in total. The molecule has 2 amide bonds. The van der Waals surface area contributed by atoms with Gasteiger partial charge in [-0.3, -0.25) is 9.59 Å². The van der Waals surface area contributed by atoms with Gasteiger partial charge in [0.2, 0.25) is 15.9 Å². The summed E-state index contributed by atoms with van der Waals surface area (Å²) in [5.74, 6) is -0.784. The highest BCUT2D eigenvalue weighted by Gasteiger charge is 2.22. The van der Waals surface area contributed by atoms with Crippen LogP contribution in [0.4, 0.5) is 0 Å². The number of sulfonamides is 1. The Kier molecular flexibility index (Phi) is 11.9. The van der Waals surface area contributed by atoms with Crippen molar-refractivity contribution in [1.82, 2.24) is 20.3 Å². The van der Waals surface area contributed by atoms with E-state index in [0.29, 0.717) is 19.6 Å². The summed E-state index contributed by atoms with van der Waals surface area (Å²) < 4.78 is 26.4. The summed E-state index contributed by atoms with van der Waals surface area (Å²) in [6.07, 6.45) is 0.793. The minimum atomic E-state index is -3.64. The maximum Gasteiger partial charge on any atom is 0.251 e. The van der Waals surface area contributed by atoms with Crippen LogP contribution >= 0.6 is 12.4 Å². The molecule has 0 aliphatic heterocycles. The lowest BCUT2D eigenvalue weighted by Gasteiger charge is -2.18. The smallest absolute Gasteiger partial charge is 0.251 e. The van der Waals surface area contributed by atoms with Crippen molar-refractivity contribution in [3.63, 3.8) is 0 Å². The zero-order valence-electron chi connectivity index (χ0n) is 15.9. The van der Waals surface area contributed by atoms with E-state index >= 15 is 0 Å². The topological polar surface area (TPSA) is 108 Å². The van der Waals surface area contributed by atoms with Gasteiger partial charge >= 0.3 is 0 Å². The van der Waals surface area contributed by atoms with E-state index in [1.165, 1.54) is 28.6 Å². The average molecular weight is 421 g/mol. The van der Waals surface area contributed by atoms with E-state index in [2.05, 4.69) is 16.0 Å². The highest BCUT2D eigenvalue weighted by Crippen LogP contribution is 2.16. The van der Waals surface area contributed by atoms with Crippen molar-refractivity contribution < 1.29 is 18.0 Å². The average Bonchev–Trinajstić information content (AvgIpc) is 2.64. The third-order valence-corrected chi connectivity index (χ3v) is 5.82. The molecule has 0 spiro atoms. The number of carbonyl (C=O) groups is 2. The first-order chi connectivity index (χ1) is 12.4. The summed E-state index contributed by atoms with van der Waals surface area (Å²) in [5, 5.41) is 8.17. The molecule has 0 unspecified atom stereocenters. The Bertz CT molecular complexity index is 709. The molecule has 1 rings (SSSR count). The van der Waals surface area contributed by atoms with Crippen LogP contribution < -0.4 is 16.0 Å². The minimum Gasteiger partial charge on any atom is -0.355 e. The van der Waals surface area contributed by atoms with Crippen molar-refractivity contribution in [3.8, 4) is 0 Å². The van der Waals surface area contributed by atoms with Gasteiger partial charge in [-0.1, -0.05) is 19.9 Å². The van der Waals surface area contributed by atoms with Crippen molar-refractivity contribution in [1.29, 1.82) is 0 Å². The second-order valence-electron chi connectivity index (χ2n) is 5.61. The zero-order valence-corrected chi connectivity index (χ0v) is 17.6. The SMILES string of the molecule is CCN(CC)S(=O)(=O)c1cccc(C(=O)NCC(=O)NCCCNC)c1.Cl. The molecule has 0 saturated heterocycles. The highest BCUT2D eigenvalue weighted by molar-refractivity contribution is 7.89. The molecule has 0 saturated carbocycles. The second-order valence-corrected chi connectivity index (χ2v) is 7.54. The van der Waals surface area contributed by atoms with E-state index in [1.54, 1.807) is 13.8 Å². The van der Waals surface area contributed by atoms with Gasteiger partial charge in [-0.25, -0.2) is 8.42 Å². The predicted molar refractivity (Wildman–Crippen MR) is 108 cm³/mol. The van der Waals surface area contributed by atoms with Gasteiger partial charge in [-0.05, 0) is 38.2 Å². The Hall–Kier alpha value is -1.68. The first-order valence-corrected chi connectivity index (χ1v) is 10.1. The fraction of sp³-hybridized carbons (Fsp3) is 0.529. The Balaban J connectivity index is 0.00000676. The molecule has 0 aliphatic carbocycles. The fourth-order valence-electron chi connectivity index (χ4n) is 2.33. The van der Waals surface area contributed by atoms with Crippen LogP contribution in [-0.2, 0) is 14.8 Å². The number of nitrogens with one attached hydrogen (secondary N) is 3. The zero-order chi connectivity index (χ0) is 19.6. The molecule has 1 aromatic carbocycles. The maximum absolute atomic E-state index is 12.5. The Morgan fingerprint density at radius 2 is 1.74 bits per heavy atom. The molecule has 0 radical (unpaired) electrons. The van der Waals surface area contributed by atoms with Crippen LogP contribution in [0.3, 0.4) is 0 Å². The van der Waals surface area contributed by atoms with Crippen LogP contribution in [0.15, 0.2) is 29.2 Å². The quantitative estimate of drug-likeness (QED) is 0.454. The molecule has 0 aliphatic rings. The van der Waals surface area contributed by atoms with Crippen molar-refractivity contribution in [2.24, 2.45) is 0 Å². The number of hydrogen-bond acceptors (Lipinski definition) is 5. The van der Waals surface area contributed by atoms with Gasteiger partial charge in [0.1, 0.15) is 0 Å². The Morgan fingerprint density at radius 3 is 2.33 bits per heavy atom. The minimum absolute atomic E-state index is 0.